The maximum absolute atomic E-state index is 13.1. The highest BCUT2D eigenvalue weighted by Crippen LogP contribution is 2.22. The highest BCUT2D eigenvalue weighted by Gasteiger charge is 2.36. The lowest BCUT2D eigenvalue weighted by Gasteiger charge is -2.26. The van der Waals surface area contributed by atoms with Crippen LogP contribution in [0, 0.1) is 5.82 Å². The number of carbonyl (C=O) groups excluding carboxylic acids is 3. The SMILES string of the molecule is O=C1NC(=O)N(c2ccc(F)cc2)C(=O)/C1=C/c1cnc(-c2ccccc2)nc1. The number of halogens is 1. The number of nitrogens with zero attached hydrogens (tertiary/aromatic N) is 3. The molecular formula is C21H13FN4O3. The Morgan fingerprint density at radius 1 is 0.897 bits per heavy atom. The molecule has 1 aliphatic heterocycles. The van der Waals surface area contributed by atoms with Crippen molar-refractivity contribution in [3.8, 4) is 11.4 Å². The molecule has 7 nitrogen and oxygen atoms in total. The van der Waals surface area contributed by atoms with Gasteiger partial charge in [-0.05, 0) is 30.3 Å². The van der Waals surface area contributed by atoms with Crippen LogP contribution in [0.25, 0.3) is 17.5 Å². The molecule has 2 heterocycles. The molecule has 4 rings (SSSR count). The summed E-state index contributed by atoms with van der Waals surface area (Å²) in [6, 6.07) is 13.2. The van der Waals surface area contributed by atoms with Crippen molar-refractivity contribution >= 4 is 29.6 Å². The average molecular weight is 388 g/mol. The van der Waals surface area contributed by atoms with Crippen molar-refractivity contribution in [2.45, 2.75) is 0 Å². The minimum atomic E-state index is -0.903. The number of urea groups is 1. The molecule has 2 aromatic carbocycles. The molecule has 1 N–H and O–H groups in total. The van der Waals surface area contributed by atoms with Crippen LogP contribution in [0.15, 0.2) is 72.6 Å². The molecule has 29 heavy (non-hydrogen) atoms. The van der Waals surface area contributed by atoms with E-state index in [4.69, 9.17) is 0 Å². The number of benzene rings is 2. The third kappa shape index (κ3) is 3.63. The fraction of sp³-hybridized carbons (Fsp3) is 0. The van der Waals surface area contributed by atoms with Gasteiger partial charge in [0.1, 0.15) is 11.4 Å². The van der Waals surface area contributed by atoms with Gasteiger partial charge in [0.05, 0.1) is 5.69 Å². The van der Waals surface area contributed by atoms with Gasteiger partial charge >= 0.3 is 6.03 Å². The smallest absolute Gasteiger partial charge is 0.273 e. The van der Waals surface area contributed by atoms with Gasteiger partial charge in [-0.3, -0.25) is 14.9 Å². The lowest BCUT2D eigenvalue weighted by molar-refractivity contribution is -0.122. The Morgan fingerprint density at radius 2 is 1.55 bits per heavy atom. The monoisotopic (exact) mass is 388 g/mol. The highest BCUT2D eigenvalue weighted by atomic mass is 19.1. The van der Waals surface area contributed by atoms with E-state index in [0.717, 1.165) is 22.6 Å². The summed E-state index contributed by atoms with van der Waals surface area (Å²) in [5, 5.41) is 2.10. The molecule has 8 heteroatoms. The number of aromatic nitrogens is 2. The van der Waals surface area contributed by atoms with E-state index in [9.17, 15) is 18.8 Å². The number of imide groups is 2. The number of hydrogen-bond donors (Lipinski definition) is 1. The van der Waals surface area contributed by atoms with Crippen LogP contribution in [0.2, 0.25) is 0 Å². The van der Waals surface area contributed by atoms with E-state index >= 15 is 0 Å². The second kappa shape index (κ2) is 7.43. The van der Waals surface area contributed by atoms with Gasteiger partial charge in [0, 0.05) is 23.5 Å². The first-order valence-electron chi connectivity index (χ1n) is 8.57. The highest BCUT2D eigenvalue weighted by molar-refractivity contribution is 6.39. The lowest BCUT2D eigenvalue weighted by Crippen LogP contribution is -2.54. The maximum Gasteiger partial charge on any atom is 0.335 e. The number of hydrogen-bond acceptors (Lipinski definition) is 5. The van der Waals surface area contributed by atoms with E-state index in [1.807, 2.05) is 30.3 Å². The number of anilines is 1. The van der Waals surface area contributed by atoms with E-state index in [-0.39, 0.29) is 11.3 Å². The number of rotatable bonds is 3. The van der Waals surface area contributed by atoms with Crippen LogP contribution in [0.5, 0.6) is 0 Å². The van der Waals surface area contributed by atoms with E-state index in [0.29, 0.717) is 11.4 Å². The second-order valence-corrected chi connectivity index (χ2v) is 6.14. The molecule has 1 aliphatic rings. The van der Waals surface area contributed by atoms with Gasteiger partial charge in [-0.1, -0.05) is 30.3 Å². The maximum atomic E-state index is 13.1. The van der Waals surface area contributed by atoms with Gasteiger partial charge in [-0.15, -0.1) is 0 Å². The summed E-state index contributed by atoms with van der Waals surface area (Å²) < 4.78 is 13.1. The molecule has 1 saturated heterocycles. The van der Waals surface area contributed by atoms with Crippen molar-refractivity contribution in [3.63, 3.8) is 0 Å². The van der Waals surface area contributed by atoms with Crippen LogP contribution in [0.1, 0.15) is 5.56 Å². The summed E-state index contributed by atoms with van der Waals surface area (Å²) in [4.78, 5) is 46.3. The minimum absolute atomic E-state index is 0.142. The summed E-state index contributed by atoms with van der Waals surface area (Å²) in [6.07, 6.45) is 4.25. The van der Waals surface area contributed by atoms with Crippen LogP contribution in [-0.4, -0.2) is 27.8 Å². The molecular weight excluding hydrogens is 375 g/mol. The molecule has 0 spiro atoms. The molecule has 0 saturated carbocycles. The van der Waals surface area contributed by atoms with E-state index < -0.39 is 23.7 Å². The molecule has 142 valence electrons. The van der Waals surface area contributed by atoms with Crippen molar-refractivity contribution in [2.75, 3.05) is 4.90 Å². The second-order valence-electron chi connectivity index (χ2n) is 6.14. The summed E-state index contributed by atoms with van der Waals surface area (Å²) in [6.45, 7) is 0. The van der Waals surface area contributed by atoms with Crippen LogP contribution >= 0.6 is 0 Å². The van der Waals surface area contributed by atoms with Crippen molar-refractivity contribution in [2.24, 2.45) is 0 Å². The lowest BCUT2D eigenvalue weighted by atomic mass is 10.1. The fourth-order valence-corrected chi connectivity index (χ4v) is 2.80. The first kappa shape index (κ1) is 18.2. The van der Waals surface area contributed by atoms with Gasteiger partial charge in [-0.2, -0.15) is 0 Å². The van der Waals surface area contributed by atoms with E-state index in [1.165, 1.54) is 30.6 Å². The quantitative estimate of drug-likeness (QED) is 0.550. The van der Waals surface area contributed by atoms with Gasteiger partial charge in [0.2, 0.25) is 0 Å². The molecule has 0 bridgehead atoms. The third-order valence-electron chi connectivity index (χ3n) is 4.20. The van der Waals surface area contributed by atoms with Crippen LogP contribution in [0.4, 0.5) is 14.9 Å². The number of nitrogens with one attached hydrogen (secondary N) is 1. The Kier molecular flexibility index (Phi) is 4.66. The number of barbiturate groups is 1. The summed E-state index contributed by atoms with van der Waals surface area (Å²) in [5.41, 5.74) is 1.12. The predicted molar refractivity (Wildman–Crippen MR) is 103 cm³/mol. The molecule has 4 amide bonds. The van der Waals surface area contributed by atoms with Gasteiger partial charge in [0.25, 0.3) is 11.8 Å². The van der Waals surface area contributed by atoms with Crippen molar-refractivity contribution in [1.29, 1.82) is 0 Å². The molecule has 1 fully saturated rings. The Morgan fingerprint density at radius 3 is 2.21 bits per heavy atom. The largest absolute Gasteiger partial charge is 0.335 e. The van der Waals surface area contributed by atoms with Crippen LogP contribution in [0.3, 0.4) is 0 Å². The molecule has 0 unspecified atom stereocenters. The molecule has 3 aromatic rings. The van der Waals surface area contributed by atoms with Crippen molar-refractivity contribution in [3.05, 3.63) is 83.9 Å². The Labute approximate surface area is 164 Å². The van der Waals surface area contributed by atoms with Crippen molar-refractivity contribution in [1.82, 2.24) is 15.3 Å². The normalized spacial score (nSPS) is 15.6. The first-order chi connectivity index (χ1) is 14.0. The average Bonchev–Trinajstić information content (AvgIpc) is 2.73. The summed E-state index contributed by atoms with van der Waals surface area (Å²) >= 11 is 0. The summed E-state index contributed by atoms with van der Waals surface area (Å²) in [7, 11) is 0. The van der Waals surface area contributed by atoms with Gasteiger partial charge in [-0.25, -0.2) is 24.1 Å². The van der Waals surface area contributed by atoms with Crippen molar-refractivity contribution < 1.29 is 18.8 Å². The molecule has 0 aliphatic carbocycles. The van der Waals surface area contributed by atoms with Gasteiger partial charge < -0.3 is 0 Å². The molecule has 1 aromatic heterocycles. The Bertz CT molecular complexity index is 1130. The van der Waals surface area contributed by atoms with Crippen LogP contribution in [-0.2, 0) is 9.59 Å². The Balaban J connectivity index is 1.65. The molecule has 0 radical (unpaired) electrons. The minimum Gasteiger partial charge on any atom is -0.273 e. The first-order valence-corrected chi connectivity index (χ1v) is 8.57. The zero-order chi connectivity index (χ0) is 20.4. The summed E-state index contributed by atoms with van der Waals surface area (Å²) in [5.74, 6) is -1.67. The zero-order valence-electron chi connectivity index (χ0n) is 14.9. The predicted octanol–water partition coefficient (Wildman–Crippen LogP) is 2.95. The number of carbonyl (C=O) groups is 3. The molecule has 0 atom stereocenters. The third-order valence-corrected chi connectivity index (χ3v) is 4.20. The van der Waals surface area contributed by atoms with E-state index in [2.05, 4.69) is 15.3 Å². The van der Waals surface area contributed by atoms with Gasteiger partial charge in [0.15, 0.2) is 5.82 Å². The standard InChI is InChI=1S/C21H13FN4O3/c22-15-6-8-16(9-7-15)26-20(28)17(19(27)25-21(26)29)10-13-11-23-18(24-12-13)14-4-2-1-3-5-14/h1-12H,(H,25,27,29)/b17-10+. The topological polar surface area (TPSA) is 92.3 Å². The van der Waals surface area contributed by atoms with Crippen LogP contribution < -0.4 is 10.2 Å². The number of amides is 4. The van der Waals surface area contributed by atoms with E-state index in [1.54, 1.807) is 0 Å². The Hall–Kier alpha value is -4.20. The fourth-order valence-electron chi connectivity index (χ4n) is 2.80. The zero-order valence-corrected chi connectivity index (χ0v) is 14.9.